The summed E-state index contributed by atoms with van der Waals surface area (Å²) in [6.45, 7) is 3.33. The van der Waals surface area contributed by atoms with Crippen LogP contribution in [0.5, 0.6) is 5.75 Å². The second-order valence-corrected chi connectivity index (χ2v) is 8.32. The number of ether oxygens (including phenoxy) is 1. The van der Waals surface area contributed by atoms with Gasteiger partial charge in [0.2, 0.25) is 0 Å². The van der Waals surface area contributed by atoms with E-state index in [1.807, 2.05) is 19.1 Å². The van der Waals surface area contributed by atoms with Crippen molar-refractivity contribution in [3.63, 3.8) is 0 Å². The Morgan fingerprint density at radius 3 is 2.50 bits per heavy atom. The summed E-state index contributed by atoms with van der Waals surface area (Å²) in [5.41, 5.74) is 1.42. The highest BCUT2D eigenvalue weighted by atomic mass is 32.2. The van der Waals surface area contributed by atoms with E-state index in [1.165, 1.54) is 12.1 Å². The molecule has 4 rings (SSSR count). The van der Waals surface area contributed by atoms with Gasteiger partial charge in [-0.25, -0.2) is 8.42 Å². The van der Waals surface area contributed by atoms with Gasteiger partial charge in [-0.3, -0.25) is 4.72 Å². The first-order valence-corrected chi connectivity index (χ1v) is 10.8. The predicted octanol–water partition coefficient (Wildman–Crippen LogP) is 3.48. The normalized spacial score (nSPS) is 13.8. The number of benzene rings is 2. The highest BCUT2D eigenvalue weighted by molar-refractivity contribution is 7.92. The first kappa shape index (κ1) is 18.5. The van der Waals surface area contributed by atoms with Crippen molar-refractivity contribution in [3.8, 4) is 17.1 Å². The van der Waals surface area contributed by atoms with Crippen LogP contribution < -0.4 is 9.46 Å². The summed E-state index contributed by atoms with van der Waals surface area (Å²) in [6, 6.07) is 13.6. The van der Waals surface area contributed by atoms with Crippen molar-refractivity contribution in [2.45, 2.75) is 37.6 Å². The topological polar surface area (TPSA) is 86.1 Å². The van der Waals surface area contributed by atoms with Gasteiger partial charge in [-0.2, -0.15) is 0 Å². The Hall–Kier alpha value is -2.87. The molecule has 1 aliphatic heterocycles. The highest BCUT2D eigenvalue weighted by Gasteiger charge is 2.18. The zero-order valence-electron chi connectivity index (χ0n) is 15.6. The number of hydrogen-bond donors (Lipinski definition) is 1. The lowest BCUT2D eigenvalue weighted by atomic mass is 10.1. The summed E-state index contributed by atoms with van der Waals surface area (Å²) >= 11 is 0. The molecule has 2 aromatic carbocycles. The lowest BCUT2D eigenvalue weighted by molar-refractivity contribution is 0.340. The molecule has 1 aliphatic rings. The van der Waals surface area contributed by atoms with E-state index in [9.17, 15) is 8.42 Å². The average Bonchev–Trinajstić information content (AvgIpc) is 3.13. The number of fused-ring (bicyclic) bond motifs is 1. The number of rotatable bonds is 6. The molecule has 2 heterocycles. The van der Waals surface area contributed by atoms with Crippen molar-refractivity contribution in [3.05, 3.63) is 54.4 Å². The number of nitrogens with zero attached hydrogens (tertiary/aromatic N) is 3. The largest absolute Gasteiger partial charge is 0.494 e. The van der Waals surface area contributed by atoms with Crippen LogP contribution in [0.3, 0.4) is 0 Å². The van der Waals surface area contributed by atoms with Crippen LogP contribution in [0, 0.1) is 0 Å². The standard InChI is InChI=1S/C20H22N4O3S/c1-2-27-17-10-12-18(13-11-17)28(25,26)23-16-8-6-15(7-9-16)20-22-21-19-5-3-4-14-24(19)20/h6-13,23H,2-5,14H2,1H3. The third-order valence-corrected chi connectivity index (χ3v) is 6.10. The van der Waals surface area contributed by atoms with Crippen molar-refractivity contribution < 1.29 is 13.2 Å². The first-order chi connectivity index (χ1) is 13.6. The number of anilines is 1. The van der Waals surface area contributed by atoms with E-state index < -0.39 is 10.0 Å². The van der Waals surface area contributed by atoms with Gasteiger partial charge in [0.1, 0.15) is 11.6 Å². The highest BCUT2D eigenvalue weighted by Crippen LogP contribution is 2.25. The Balaban J connectivity index is 1.52. The molecule has 0 spiro atoms. The molecule has 146 valence electrons. The molecular formula is C20H22N4O3S. The molecule has 0 radical (unpaired) electrons. The maximum atomic E-state index is 12.6. The van der Waals surface area contributed by atoms with Gasteiger partial charge in [0.25, 0.3) is 10.0 Å². The molecular weight excluding hydrogens is 376 g/mol. The molecule has 0 atom stereocenters. The third kappa shape index (κ3) is 3.73. The summed E-state index contributed by atoms with van der Waals surface area (Å²) < 4.78 is 35.3. The number of hydrogen-bond acceptors (Lipinski definition) is 5. The lowest BCUT2D eigenvalue weighted by Crippen LogP contribution is -2.13. The van der Waals surface area contributed by atoms with E-state index in [4.69, 9.17) is 4.74 Å². The van der Waals surface area contributed by atoms with Gasteiger partial charge in [0.15, 0.2) is 5.82 Å². The molecule has 7 nitrogen and oxygen atoms in total. The molecule has 0 amide bonds. The average molecular weight is 398 g/mol. The Bertz CT molecular complexity index is 1060. The zero-order chi connectivity index (χ0) is 19.6. The molecule has 0 aliphatic carbocycles. The Morgan fingerprint density at radius 1 is 1.04 bits per heavy atom. The summed E-state index contributed by atoms with van der Waals surface area (Å²) in [4.78, 5) is 0.187. The van der Waals surface area contributed by atoms with E-state index >= 15 is 0 Å². The second kappa shape index (κ2) is 7.63. The van der Waals surface area contributed by atoms with Gasteiger partial charge in [-0.05, 0) is 68.3 Å². The van der Waals surface area contributed by atoms with E-state index in [1.54, 1.807) is 24.3 Å². The number of nitrogens with one attached hydrogen (secondary N) is 1. The summed E-state index contributed by atoms with van der Waals surface area (Å²) in [5, 5.41) is 8.57. The van der Waals surface area contributed by atoms with Crippen LogP contribution in [-0.2, 0) is 23.0 Å². The molecule has 28 heavy (non-hydrogen) atoms. The molecule has 3 aromatic rings. The second-order valence-electron chi connectivity index (χ2n) is 6.64. The van der Waals surface area contributed by atoms with Crippen LogP contribution in [0.25, 0.3) is 11.4 Å². The summed E-state index contributed by atoms with van der Waals surface area (Å²) in [6.07, 6.45) is 3.22. The van der Waals surface area contributed by atoms with Crippen LogP contribution >= 0.6 is 0 Å². The summed E-state index contributed by atoms with van der Waals surface area (Å²) in [7, 11) is -3.66. The minimum absolute atomic E-state index is 0.187. The Labute approximate surface area is 164 Å². The van der Waals surface area contributed by atoms with E-state index in [2.05, 4.69) is 19.5 Å². The monoisotopic (exact) mass is 398 g/mol. The van der Waals surface area contributed by atoms with Gasteiger partial charge in [-0.15, -0.1) is 10.2 Å². The lowest BCUT2D eigenvalue weighted by Gasteiger charge is -2.15. The minimum atomic E-state index is -3.66. The van der Waals surface area contributed by atoms with Crippen molar-refractivity contribution in [1.82, 2.24) is 14.8 Å². The van der Waals surface area contributed by atoms with Crippen LogP contribution in [0.4, 0.5) is 5.69 Å². The van der Waals surface area contributed by atoms with Crippen LogP contribution in [-0.4, -0.2) is 29.8 Å². The van der Waals surface area contributed by atoms with Crippen molar-refractivity contribution in [2.75, 3.05) is 11.3 Å². The van der Waals surface area contributed by atoms with Crippen molar-refractivity contribution in [2.24, 2.45) is 0 Å². The van der Waals surface area contributed by atoms with Crippen molar-refractivity contribution >= 4 is 15.7 Å². The molecule has 0 bridgehead atoms. The third-order valence-electron chi connectivity index (χ3n) is 4.70. The predicted molar refractivity (Wildman–Crippen MR) is 107 cm³/mol. The minimum Gasteiger partial charge on any atom is -0.494 e. The van der Waals surface area contributed by atoms with Gasteiger partial charge in [0, 0.05) is 24.2 Å². The Kier molecular flexibility index (Phi) is 5.04. The first-order valence-electron chi connectivity index (χ1n) is 9.35. The van der Waals surface area contributed by atoms with Crippen LogP contribution in [0.1, 0.15) is 25.6 Å². The SMILES string of the molecule is CCOc1ccc(S(=O)(=O)Nc2ccc(-c3nnc4n3CCCC4)cc2)cc1. The number of sulfonamides is 1. The maximum Gasteiger partial charge on any atom is 0.261 e. The Morgan fingerprint density at radius 2 is 1.79 bits per heavy atom. The number of aryl methyl sites for hydroxylation is 1. The van der Waals surface area contributed by atoms with Crippen LogP contribution in [0.15, 0.2) is 53.4 Å². The zero-order valence-corrected chi connectivity index (χ0v) is 16.4. The molecule has 0 fully saturated rings. The molecule has 0 saturated carbocycles. The van der Waals surface area contributed by atoms with Crippen molar-refractivity contribution in [1.29, 1.82) is 0 Å². The molecule has 0 saturated heterocycles. The number of aromatic nitrogens is 3. The van der Waals surface area contributed by atoms with E-state index in [0.29, 0.717) is 18.0 Å². The smallest absolute Gasteiger partial charge is 0.261 e. The maximum absolute atomic E-state index is 12.6. The molecule has 1 N–H and O–H groups in total. The van der Waals surface area contributed by atoms with Crippen LogP contribution in [0.2, 0.25) is 0 Å². The summed E-state index contributed by atoms with van der Waals surface area (Å²) in [5.74, 6) is 2.49. The van der Waals surface area contributed by atoms with E-state index in [-0.39, 0.29) is 4.90 Å². The fourth-order valence-electron chi connectivity index (χ4n) is 3.30. The fourth-order valence-corrected chi connectivity index (χ4v) is 4.36. The fraction of sp³-hybridized carbons (Fsp3) is 0.300. The molecule has 8 heteroatoms. The van der Waals surface area contributed by atoms with Gasteiger partial charge in [0.05, 0.1) is 11.5 Å². The van der Waals surface area contributed by atoms with Gasteiger partial charge in [-0.1, -0.05) is 0 Å². The van der Waals surface area contributed by atoms with E-state index in [0.717, 1.165) is 43.0 Å². The van der Waals surface area contributed by atoms with Gasteiger partial charge >= 0.3 is 0 Å². The molecule has 1 aromatic heterocycles. The van der Waals surface area contributed by atoms with Gasteiger partial charge < -0.3 is 9.30 Å². The quantitative estimate of drug-likeness (QED) is 0.687. The molecule has 0 unspecified atom stereocenters.